The third kappa shape index (κ3) is 2.86. The zero-order valence-electron chi connectivity index (χ0n) is 14.4. The summed E-state index contributed by atoms with van der Waals surface area (Å²) in [6.07, 6.45) is 8.27. The summed E-state index contributed by atoms with van der Waals surface area (Å²) in [6.45, 7) is 0.793. The topological polar surface area (TPSA) is 59.2 Å². The Kier molecular flexibility index (Phi) is 3.61. The van der Waals surface area contributed by atoms with Gasteiger partial charge in [-0.25, -0.2) is 0 Å². The minimum Gasteiger partial charge on any atom is -0.339 e. The molecule has 0 spiro atoms. The van der Waals surface area contributed by atoms with Gasteiger partial charge in [-0.3, -0.25) is 4.79 Å². The van der Waals surface area contributed by atoms with E-state index in [1.165, 1.54) is 24.0 Å². The molecule has 1 unspecified atom stereocenters. The molecule has 1 amide bonds. The molecule has 1 saturated heterocycles. The molecule has 3 aliphatic rings. The van der Waals surface area contributed by atoms with Crippen LogP contribution in [-0.2, 0) is 24.1 Å². The van der Waals surface area contributed by atoms with E-state index in [4.69, 9.17) is 4.52 Å². The number of fused-ring (bicyclic) bond motifs is 1. The molecule has 0 bridgehead atoms. The van der Waals surface area contributed by atoms with Crippen LogP contribution in [0.25, 0.3) is 0 Å². The minimum absolute atomic E-state index is 0.0156. The highest BCUT2D eigenvalue weighted by Gasteiger charge is 2.36. The molecule has 5 rings (SSSR count). The van der Waals surface area contributed by atoms with E-state index in [1.807, 2.05) is 4.90 Å². The Morgan fingerprint density at radius 3 is 2.92 bits per heavy atom. The average molecular weight is 337 g/mol. The smallest absolute Gasteiger partial charge is 0.229 e. The van der Waals surface area contributed by atoms with Crippen LogP contribution in [0.3, 0.4) is 0 Å². The van der Waals surface area contributed by atoms with Crippen LogP contribution in [0, 0.1) is 0 Å². The second-order valence-corrected chi connectivity index (χ2v) is 7.64. The van der Waals surface area contributed by atoms with Crippen molar-refractivity contribution in [2.24, 2.45) is 0 Å². The fraction of sp³-hybridized carbons (Fsp3) is 0.550. The quantitative estimate of drug-likeness (QED) is 0.858. The fourth-order valence-corrected chi connectivity index (χ4v) is 4.22. The normalized spacial score (nSPS) is 22.4. The molecule has 0 radical (unpaired) electrons. The third-order valence-corrected chi connectivity index (χ3v) is 5.77. The molecule has 2 aromatic rings. The zero-order valence-corrected chi connectivity index (χ0v) is 14.4. The molecule has 25 heavy (non-hydrogen) atoms. The average Bonchev–Trinajstić information content (AvgIpc) is 3.06. The standard InChI is InChI=1S/C20H23N3O2/c24-18(12-13-6-7-14-3-1-4-16(14)11-13)23-10-2-5-17(23)19-21-20(25-22-19)15-8-9-15/h6-7,11,15,17H,1-5,8-10,12H2. The Morgan fingerprint density at radius 1 is 1.16 bits per heavy atom. The lowest BCUT2D eigenvalue weighted by Crippen LogP contribution is -2.32. The third-order valence-electron chi connectivity index (χ3n) is 5.77. The van der Waals surface area contributed by atoms with Gasteiger partial charge in [0.05, 0.1) is 12.5 Å². The maximum absolute atomic E-state index is 12.9. The summed E-state index contributed by atoms with van der Waals surface area (Å²) < 4.78 is 5.40. The van der Waals surface area contributed by atoms with Crippen LogP contribution in [0.15, 0.2) is 22.7 Å². The van der Waals surface area contributed by atoms with Crippen molar-refractivity contribution in [1.29, 1.82) is 0 Å². The van der Waals surface area contributed by atoms with E-state index in [2.05, 4.69) is 28.3 Å². The van der Waals surface area contributed by atoms with E-state index in [1.54, 1.807) is 0 Å². The Balaban J connectivity index is 1.31. The SMILES string of the molecule is O=C(Cc1ccc2c(c1)CCC2)N1CCCC1c1noc(C2CC2)n1. The second kappa shape index (κ2) is 5.97. The highest BCUT2D eigenvalue weighted by Crippen LogP contribution is 2.40. The fourth-order valence-electron chi connectivity index (χ4n) is 4.22. The van der Waals surface area contributed by atoms with Gasteiger partial charge >= 0.3 is 0 Å². The van der Waals surface area contributed by atoms with E-state index in [0.29, 0.717) is 18.2 Å². The number of carbonyl (C=O) groups is 1. The molecule has 5 heteroatoms. The lowest BCUT2D eigenvalue weighted by atomic mass is 10.0. The first kappa shape index (κ1) is 15.1. The van der Waals surface area contributed by atoms with Gasteiger partial charge in [0.25, 0.3) is 0 Å². The number of hydrogen-bond donors (Lipinski definition) is 0. The molecule has 2 aliphatic carbocycles. The van der Waals surface area contributed by atoms with Gasteiger partial charge in [0.15, 0.2) is 5.82 Å². The van der Waals surface area contributed by atoms with Crippen LogP contribution in [0.4, 0.5) is 0 Å². The van der Waals surface area contributed by atoms with Crippen molar-refractivity contribution >= 4 is 5.91 Å². The van der Waals surface area contributed by atoms with Gasteiger partial charge in [-0.1, -0.05) is 23.4 Å². The van der Waals surface area contributed by atoms with Crippen molar-refractivity contribution in [2.75, 3.05) is 6.54 Å². The number of benzene rings is 1. The Bertz CT molecular complexity index is 809. The van der Waals surface area contributed by atoms with Crippen molar-refractivity contribution in [1.82, 2.24) is 15.0 Å². The van der Waals surface area contributed by atoms with Crippen molar-refractivity contribution in [3.63, 3.8) is 0 Å². The van der Waals surface area contributed by atoms with Crippen molar-refractivity contribution in [3.8, 4) is 0 Å². The van der Waals surface area contributed by atoms with E-state index < -0.39 is 0 Å². The number of hydrogen-bond acceptors (Lipinski definition) is 4. The summed E-state index contributed by atoms with van der Waals surface area (Å²) in [5, 5.41) is 4.17. The van der Waals surface area contributed by atoms with Crippen LogP contribution in [0.2, 0.25) is 0 Å². The van der Waals surface area contributed by atoms with E-state index in [9.17, 15) is 4.79 Å². The first-order valence-electron chi connectivity index (χ1n) is 9.51. The van der Waals surface area contributed by atoms with Crippen molar-refractivity contribution < 1.29 is 9.32 Å². The minimum atomic E-state index is -0.0156. The Morgan fingerprint density at radius 2 is 2.04 bits per heavy atom. The van der Waals surface area contributed by atoms with Gasteiger partial charge in [-0.2, -0.15) is 4.98 Å². The maximum atomic E-state index is 12.9. The highest BCUT2D eigenvalue weighted by molar-refractivity contribution is 5.79. The van der Waals surface area contributed by atoms with Gasteiger partial charge in [0, 0.05) is 12.5 Å². The van der Waals surface area contributed by atoms with E-state index in [0.717, 1.165) is 50.1 Å². The first-order chi connectivity index (χ1) is 12.3. The molecule has 130 valence electrons. The van der Waals surface area contributed by atoms with E-state index in [-0.39, 0.29) is 11.9 Å². The van der Waals surface area contributed by atoms with E-state index >= 15 is 0 Å². The summed E-state index contributed by atoms with van der Waals surface area (Å²) in [4.78, 5) is 19.4. The van der Waals surface area contributed by atoms with Crippen LogP contribution in [0.5, 0.6) is 0 Å². The Hall–Kier alpha value is -2.17. The molecule has 0 N–H and O–H groups in total. The van der Waals surface area contributed by atoms with Crippen molar-refractivity contribution in [2.45, 2.75) is 63.3 Å². The van der Waals surface area contributed by atoms with Gasteiger partial charge in [0.2, 0.25) is 11.8 Å². The molecule has 1 aromatic heterocycles. The molecule has 1 saturated carbocycles. The number of nitrogens with zero attached hydrogens (tertiary/aromatic N) is 3. The lowest BCUT2D eigenvalue weighted by Gasteiger charge is -2.22. The number of aryl methyl sites for hydroxylation is 2. The number of aromatic nitrogens is 2. The number of carbonyl (C=O) groups excluding carboxylic acids is 1. The zero-order chi connectivity index (χ0) is 16.8. The maximum Gasteiger partial charge on any atom is 0.229 e. The molecular weight excluding hydrogens is 314 g/mol. The molecule has 2 heterocycles. The van der Waals surface area contributed by atoms with Crippen molar-refractivity contribution in [3.05, 3.63) is 46.6 Å². The predicted molar refractivity (Wildman–Crippen MR) is 92.1 cm³/mol. The molecule has 1 atom stereocenters. The van der Waals surface area contributed by atoms with Crippen LogP contribution >= 0.6 is 0 Å². The molecule has 5 nitrogen and oxygen atoms in total. The summed E-state index contributed by atoms with van der Waals surface area (Å²) >= 11 is 0. The van der Waals surface area contributed by atoms with Crippen LogP contribution in [0.1, 0.15) is 72.5 Å². The van der Waals surface area contributed by atoms with Crippen LogP contribution in [-0.4, -0.2) is 27.5 Å². The highest BCUT2D eigenvalue weighted by atomic mass is 16.5. The number of amides is 1. The van der Waals surface area contributed by atoms with Gasteiger partial charge in [-0.05, 0) is 61.6 Å². The molecule has 2 fully saturated rings. The first-order valence-corrected chi connectivity index (χ1v) is 9.51. The molecular formula is C20H23N3O2. The summed E-state index contributed by atoms with van der Waals surface area (Å²) in [7, 11) is 0. The summed E-state index contributed by atoms with van der Waals surface area (Å²) in [5.41, 5.74) is 4.01. The molecule has 1 aromatic carbocycles. The van der Waals surface area contributed by atoms with Gasteiger partial charge in [0.1, 0.15) is 0 Å². The molecule has 1 aliphatic heterocycles. The number of rotatable bonds is 4. The van der Waals surface area contributed by atoms with Gasteiger partial charge < -0.3 is 9.42 Å². The lowest BCUT2D eigenvalue weighted by molar-refractivity contribution is -0.131. The van der Waals surface area contributed by atoms with Crippen LogP contribution < -0.4 is 0 Å². The number of likely N-dealkylation sites (tertiary alicyclic amines) is 1. The summed E-state index contributed by atoms with van der Waals surface area (Å²) in [5.74, 6) is 2.09. The summed E-state index contributed by atoms with van der Waals surface area (Å²) in [6, 6.07) is 6.53. The monoisotopic (exact) mass is 337 g/mol. The predicted octanol–water partition coefficient (Wildman–Crippen LogP) is 3.34. The second-order valence-electron chi connectivity index (χ2n) is 7.64. The largest absolute Gasteiger partial charge is 0.339 e. The Labute approximate surface area is 147 Å². The van der Waals surface area contributed by atoms with Gasteiger partial charge in [-0.15, -0.1) is 0 Å².